The molecule has 0 aliphatic heterocycles. The van der Waals surface area contributed by atoms with E-state index in [1.54, 1.807) is 6.07 Å². The zero-order chi connectivity index (χ0) is 13.9. The summed E-state index contributed by atoms with van der Waals surface area (Å²) in [6, 6.07) is 5.19. The summed E-state index contributed by atoms with van der Waals surface area (Å²) in [4.78, 5) is 0. The molecule has 0 radical (unpaired) electrons. The highest BCUT2D eigenvalue weighted by Crippen LogP contribution is 2.62. The third-order valence-electron chi connectivity index (χ3n) is 6.14. The van der Waals surface area contributed by atoms with E-state index >= 15 is 0 Å². The third-order valence-corrected chi connectivity index (χ3v) is 6.60. The van der Waals surface area contributed by atoms with E-state index in [1.165, 1.54) is 31.7 Å². The van der Waals surface area contributed by atoms with Crippen LogP contribution in [0.1, 0.15) is 37.7 Å². The molecule has 0 saturated heterocycles. The number of benzene rings is 1. The molecule has 3 aliphatic carbocycles. The van der Waals surface area contributed by atoms with Crippen LogP contribution >= 0.6 is 15.9 Å². The number of hydrogen-bond donors (Lipinski definition) is 1. The van der Waals surface area contributed by atoms with Gasteiger partial charge in [-0.05, 0) is 79.5 Å². The summed E-state index contributed by atoms with van der Waals surface area (Å²) in [5.41, 5.74) is 7.74. The Labute approximate surface area is 128 Å². The van der Waals surface area contributed by atoms with Gasteiger partial charge in [0.2, 0.25) is 0 Å². The molecule has 108 valence electrons. The summed E-state index contributed by atoms with van der Waals surface area (Å²) >= 11 is 3.39. The van der Waals surface area contributed by atoms with Crippen LogP contribution in [0, 0.1) is 29.5 Å². The first-order chi connectivity index (χ1) is 9.55. The van der Waals surface area contributed by atoms with Crippen LogP contribution in [0.2, 0.25) is 0 Å². The van der Waals surface area contributed by atoms with Gasteiger partial charge in [0, 0.05) is 10.0 Å². The van der Waals surface area contributed by atoms with Crippen LogP contribution < -0.4 is 5.73 Å². The quantitative estimate of drug-likeness (QED) is 0.856. The molecule has 1 nitrogen and oxygen atoms in total. The van der Waals surface area contributed by atoms with Crippen LogP contribution in [0.4, 0.5) is 4.39 Å². The fraction of sp³-hybridized carbons (Fsp3) is 0.647. The van der Waals surface area contributed by atoms with Gasteiger partial charge in [-0.3, -0.25) is 0 Å². The lowest BCUT2D eigenvalue weighted by Gasteiger charge is -2.40. The van der Waals surface area contributed by atoms with Gasteiger partial charge in [0.15, 0.2) is 0 Å². The lowest BCUT2D eigenvalue weighted by molar-refractivity contribution is 0.156. The molecule has 1 aromatic rings. The van der Waals surface area contributed by atoms with Gasteiger partial charge in [-0.15, -0.1) is 0 Å². The van der Waals surface area contributed by atoms with E-state index in [9.17, 15) is 4.39 Å². The molecule has 0 aromatic heterocycles. The monoisotopic (exact) mass is 337 g/mol. The van der Waals surface area contributed by atoms with Gasteiger partial charge in [-0.1, -0.05) is 22.4 Å². The van der Waals surface area contributed by atoms with Crippen molar-refractivity contribution in [1.29, 1.82) is 0 Å². The van der Waals surface area contributed by atoms with Gasteiger partial charge in [0.1, 0.15) is 5.82 Å². The number of hydrogen-bond acceptors (Lipinski definition) is 1. The molecule has 0 amide bonds. The maximum atomic E-state index is 13.6. The molecule has 5 atom stereocenters. The molecule has 2 bridgehead atoms. The highest BCUT2D eigenvalue weighted by atomic mass is 79.9. The van der Waals surface area contributed by atoms with E-state index in [-0.39, 0.29) is 11.4 Å². The molecule has 4 rings (SSSR count). The zero-order valence-electron chi connectivity index (χ0n) is 11.6. The maximum absolute atomic E-state index is 13.6. The molecule has 2 N–H and O–H groups in total. The van der Waals surface area contributed by atoms with Gasteiger partial charge < -0.3 is 5.73 Å². The Balaban J connectivity index is 1.59. The second-order valence-electron chi connectivity index (χ2n) is 7.25. The van der Waals surface area contributed by atoms with Crippen molar-refractivity contribution >= 4 is 15.9 Å². The molecule has 20 heavy (non-hydrogen) atoms. The Hall–Kier alpha value is -0.410. The maximum Gasteiger partial charge on any atom is 0.124 e. The fourth-order valence-corrected chi connectivity index (χ4v) is 6.12. The van der Waals surface area contributed by atoms with Crippen LogP contribution in [0.5, 0.6) is 0 Å². The summed E-state index contributed by atoms with van der Waals surface area (Å²) in [7, 11) is 0. The van der Waals surface area contributed by atoms with E-state index in [0.717, 1.165) is 40.6 Å². The highest BCUT2D eigenvalue weighted by molar-refractivity contribution is 9.10. The molecular weight excluding hydrogens is 317 g/mol. The van der Waals surface area contributed by atoms with Gasteiger partial charge in [-0.2, -0.15) is 0 Å². The van der Waals surface area contributed by atoms with Gasteiger partial charge in [0.25, 0.3) is 0 Å². The Morgan fingerprint density at radius 2 is 2.05 bits per heavy atom. The smallest absolute Gasteiger partial charge is 0.124 e. The third kappa shape index (κ3) is 1.97. The molecule has 5 unspecified atom stereocenters. The van der Waals surface area contributed by atoms with Crippen LogP contribution in [0.3, 0.4) is 0 Å². The summed E-state index contributed by atoms with van der Waals surface area (Å²) in [6.45, 7) is 0. The van der Waals surface area contributed by atoms with E-state index in [1.807, 2.05) is 6.07 Å². The Morgan fingerprint density at radius 1 is 1.25 bits per heavy atom. The minimum atomic E-state index is -0.167. The second-order valence-corrected chi connectivity index (χ2v) is 8.17. The molecule has 3 heteroatoms. The average molecular weight is 338 g/mol. The molecule has 1 aromatic carbocycles. The molecule has 0 spiro atoms. The topological polar surface area (TPSA) is 26.0 Å². The summed E-state index contributed by atoms with van der Waals surface area (Å²) in [5, 5.41) is 0. The molecule has 3 saturated carbocycles. The summed E-state index contributed by atoms with van der Waals surface area (Å²) in [5.74, 6) is 3.16. The van der Waals surface area contributed by atoms with Crippen molar-refractivity contribution in [3.05, 3.63) is 34.1 Å². The number of rotatable bonds is 2. The van der Waals surface area contributed by atoms with Crippen molar-refractivity contribution in [2.24, 2.45) is 29.4 Å². The molecular formula is C17H21BrFN. The van der Waals surface area contributed by atoms with E-state index < -0.39 is 0 Å². The fourth-order valence-electron chi connectivity index (χ4n) is 5.61. The van der Waals surface area contributed by atoms with Crippen molar-refractivity contribution in [1.82, 2.24) is 0 Å². The van der Waals surface area contributed by atoms with Crippen molar-refractivity contribution in [2.75, 3.05) is 0 Å². The van der Waals surface area contributed by atoms with Crippen molar-refractivity contribution in [3.63, 3.8) is 0 Å². The predicted octanol–water partition coefficient (Wildman–Crippen LogP) is 4.28. The minimum Gasteiger partial charge on any atom is -0.325 e. The molecule has 3 aliphatic rings. The summed E-state index contributed by atoms with van der Waals surface area (Å²) in [6.07, 6.45) is 7.48. The lowest BCUT2D eigenvalue weighted by Crippen LogP contribution is -2.50. The molecule has 3 fully saturated rings. The Kier molecular flexibility index (Phi) is 3.01. The second kappa shape index (κ2) is 4.54. The van der Waals surface area contributed by atoms with Crippen molar-refractivity contribution in [2.45, 2.75) is 44.1 Å². The van der Waals surface area contributed by atoms with E-state index in [4.69, 9.17) is 5.73 Å². The number of fused-ring (bicyclic) bond motifs is 5. The minimum absolute atomic E-state index is 0.0938. The SMILES string of the molecule is NC1(Cc2cc(F)cc(Br)c2)CC2CC1C1CCCC21. The first kappa shape index (κ1) is 13.3. The number of halogens is 2. The Bertz CT molecular complexity index is 526. The Morgan fingerprint density at radius 3 is 2.85 bits per heavy atom. The normalized spacial score (nSPS) is 42.1. The highest BCUT2D eigenvalue weighted by Gasteiger charge is 2.59. The number of nitrogens with two attached hydrogens (primary N) is 1. The van der Waals surface area contributed by atoms with Crippen LogP contribution in [-0.4, -0.2) is 5.54 Å². The van der Waals surface area contributed by atoms with Crippen molar-refractivity contribution in [3.8, 4) is 0 Å². The van der Waals surface area contributed by atoms with Gasteiger partial charge in [0.05, 0.1) is 0 Å². The lowest BCUT2D eigenvalue weighted by atomic mass is 9.69. The summed E-state index contributed by atoms with van der Waals surface area (Å²) < 4.78 is 14.4. The van der Waals surface area contributed by atoms with Gasteiger partial charge >= 0.3 is 0 Å². The van der Waals surface area contributed by atoms with Crippen LogP contribution in [-0.2, 0) is 6.42 Å². The van der Waals surface area contributed by atoms with Crippen LogP contribution in [0.25, 0.3) is 0 Å². The first-order valence-corrected chi connectivity index (χ1v) is 8.58. The molecule has 0 heterocycles. The average Bonchev–Trinajstić information content (AvgIpc) is 2.97. The predicted molar refractivity (Wildman–Crippen MR) is 81.8 cm³/mol. The van der Waals surface area contributed by atoms with E-state index in [2.05, 4.69) is 15.9 Å². The van der Waals surface area contributed by atoms with Crippen molar-refractivity contribution < 1.29 is 4.39 Å². The largest absolute Gasteiger partial charge is 0.325 e. The van der Waals surface area contributed by atoms with E-state index in [0.29, 0.717) is 5.92 Å². The first-order valence-electron chi connectivity index (χ1n) is 7.79. The van der Waals surface area contributed by atoms with Crippen LogP contribution in [0.15, 0.2) is 22.7 Å². The zero-order valence-corrected chi connectivity index (χ0v) is 13.2. The van der Waals surface area contributed by atoms with Gasteiger partial charge in [-0.25, -0.2) is 4.39 Å². The standard InChI is InChI=1S/C17H21BrFN/c18-12-4-10(5-13(19)7-12)8-17(20)9-11-6-16(17)15-3-1-2-14(11)15/h4-5,7,11,14-16H,1-3,6,8-9,20H2.